The molecule has 1 aromatic heterocycles. The molecule has 1 aromatic rings. The Bertz CT molecular complexity index is 554. The van der Waals surface area contributed by atoms with Crippen molar-refractivity contribution in [1.29, 1.82) is 0 Å². The van der Waals surface area contributed by atoms with E-state index in [0.29, 0.717) is 18.9 Å². The van der Waals surface area contributed by atoms with Crippen LogP contribution in [-0.2, 0) is 17.7 Å². The lowest BCUT2D eigenvalue weighted by Gasteiger charge is -2.40. The van der Waals surface area contributed by atoms with Crippen LogP contribution in [0.1, 0.15) is 38.1 Å². The van der Waals surface area contributed by atoms with Crippen molar-refractivity contribution < 1.29 is 9.53 Å². The molecule has 3 heterocycles. The summed E-state index contributed by atoms with van der Waals surface area (Å²) in [6.07, 6.45) is 0.662. The molecule has 1 fully saturated rings. The number of amides is 1. The number of nitrogens with zero attached hydrogens (tertiary/aromatic N) is 3. The minimum Gasteiger partial charge on any atom is -0.444 e. The highest BCUT2D eigenvalue weighted by atomic mass is 16.6. The third kappa shape index (κ3) is 2.70. The quantitative estimate of drug-likeness (QED) is 0.803. The number of likely N-dealkylation sites (tertiary alicyclic amines) is 1. The third-order valence-electron chi connectivity index (χ3n) is 3.85. The summed E-state index contributed by atoms with van der Waals surface area (Å²) < 4.78 is 7.35. The number of ether oxygens (including phenoxy) is 1. The van der Waals surface area contributed by atoms with E-state index in [1.807, 2.05) is 25.5 Å². The van der Waals surface area contributed by atoms with Crippen LogP contribution in [0.15, 0.2) is 0 Å². The summed E-state index contributed by atoms with van der Waals surface area (Å²) >= 11 is 0. The zero-order chi connectivity index (χ0) is 15.2. The van der Waals surface area contributed by atoms with Crippen molar-refractivity contribution in [2.45, 2.75) is 45.4 Å². The molecule has 3 N–H and O–H groups in total. The van der Waals surface area contributed by atoms with Crippen molar-refractivity contribution in [3.63, 3.8) is 0 Å². The van der Waals surface area contributed by atoms with Gasteiger partial charge in [0.2, 0.25) is 0 Å². The molecule has 2 aliphatic heterocycles. The first-order valence-corrected chi connectivity index (χ1v) is 7.39. The molecular formula is C14H23N5O2. The Kier molecular flexibility index (Phi) is 3.32. The van der Waals surface area contributed by atoms with Gasteiger partial charge in [-0.1, -0.05) is 0 Å². The van der Waals surface area contributed by atoms with Crippen molar-refractivity contribution in [3.05, 3.63) is 11.3 Å². The molecule has 3 rings (SSSR count). The van der Waals surface area contributed by atoms with Crippen LogP contribution in [0.3, 0.4) is 0 Å². The number of anilines is 1. The van der Waals surface area contributed by atoms with Crippen molar-refractivity contribution in [2.75, 3.05) is 25.4 Å². The van der Waals surface area contributed by atoms with E-state index in [4.69, 9.17) is 10.5 Å². The zero-order valence-corrected chi connectivity index (χ0v) is 12.8. The molecule has 1 amide bonds. The highest BCUT2D eigenvalue weighted by molar-refractivity contribution is 5.69. The van der Waals surface area contributed by atoms with Gasteiger partial charge in [-0.25, -0.2) is 4.79 Å². The first-order valence-electron chi connectivity index (χ1n) is 7.39. The number of nitrogens with two attached hydrogens (primary N) is 1. The van der Waals surface area contributed by atoms with Gasteiger partial charge in [-0.3, -0.25) is 4.68 Å². The van der Waals surface area contributed by atoms with Gasteiger partial charge in [0.25, 0.3) is 0 Å². The first-order chi connectivity index (χ1) is 9.85. The Morgan fingerprint density at radius 3 is 2.81 bits per heavy atom. The molecule has 7 nitrogen and oxygen atoms in total. The Hall–Kier alpha value is -1.76. The lowest BCUT2D eigenvalue weighted by Crippen LogP contribution is -2.53. The Morgan fingerprint density at radius 1 is 1.43 bits per heavy atom. The third-order valence-corrected chi connectivity index (χ3v) is 3.85. The van der Waals surface area contributed by atoms with E-state index in [1.54, 1.807) is 4.90 Å². The van der Waals surface area contributed by atoms with Gasteiger partial charge in [0.05, 0.1) is 11.7 Å². The molecule has 1 saturated heterocycles. The van der Waals surface area contributed by atoms with E-state index >= 15 is 0 Å². The molecule has 116 valence electrons. The minimum absolute atomic E-state index is 0.198. The summed E-state index contributed by atoms with van der Waals surface area (Å²) in [4.78, 5) is 13.7. The van der Waals surface area contributed by atoms with E-state index in [9.17, 15) is 4.79 Å². The number of aromatic nitrogens is 2. The number of hydrogen-bond acceptors (Lipinski definition) is 5. The molecule has 0 saturated carbocycles. The van der Waals surface area contributed by atoms with Gasteiger partial charge in [-0.15, -0.1) is 0 Å². The summed E-state index contributed by atoms with van der Waals surface area (Å²) in [5, 5.41) is 7.80. The predicted octanol–water partition coefficient (Wildman–Crippen LogP) is 0.903. The fourth-order valence-corrected chi connectivity index (χ4v) is 2.79. The van der Waals surface area contributed by atoms with Crippen LogP contribution in [0.2, 0.25) is 0 Å². The van der Waals surface area contributed by atoms with E-state index in [0.717, 1.165) is 30.8 Å². The molecule has 7 heteroatoms. The number of fused-ring (bicyclic) bond motifs is 1. The van der Waals surface area contributed by atoms with Crippen LogP contribution in [0.5, 0.6) is 0 Å². The highest BCUT2D eigenvalue weighted by Crippen LogP contribution is 2.29. The fraction of sp³-hybridized carbons (Fsp3) is 0.714. The van der Waals surface area contributed by atoms with Gasteiger partial charge in [0.1, 0.15) is 11.4 Å². The van der Waals surface area contributed by atoms with Gasteiger partial charge >= 0.3 is 6.09 Å². The van der Waals surface area contributed by atoms with Gasteiger partial charge in [0.15, 0.2) is 0 Å². The lowest BCUT2D eigenvalue weighted by atomic mass is 10.1. The molecule has 0 atom stereocenters. The van der Waals surface area contributed by atoms with E-state index in [1.165, 1.54) is 0 Å². The van der Waals surface area contributed by atoms with E-state index in [-0.39, 0.29) is 12.1 Å². The fourth-order valence-electron chi connectivity index (χ4n) is 2.79. The number of carbonyl (C=O) groups is 1. The summed E-state index contributed by atoms with van der Waals surface area (Å²) in [6.45, 7) is 8.61. The Labute approximate surface area is 124 Å². The summed E-state index contributed by atoms with van der Waals surface area (Å²) in [6, 6.07) is 0.198. The summed E-state index contributed by atoms with van der Waals surface area (Å²) in [7, 11) is 0. The average molecular weight is 293 g/mol. The van der Waals surface area contributed by atoms with Crippen LogP contribution in [0.4, 0.5) is 10.6 Å². The van der Waals surface area contributed by atoms with Crippen LogP contribution in [0, 0.1) is 0 Å². The smallest absolute Gasteiger partial charge is 0.410 e. The van der Waals surface area contributed by atoms with Crippen LogP contribution >= 0.6 is 0 Å². The second kappa shape index (κ2) is 4.91. The maximum Gasteiger partial charge on any atom is 0.410 e. The first kappa shape index (κ1) is 14.2. The maximum atomic E-state index is 11.9. The average Bonchev–Trinajstić information content (AvgIpc) is 2.64. The monoisotopic (exact) mass is 293 g/mol. The van der Waals surface area contributed by atoms with Crippen molar-refractivity contribution in [1.82, 2.24) is 20.0 Å². The number of nitrogens with one attached hydrogen (secondary N) is 1. The highest BCUT2D eigenvalue weighted by Gasteiger charge is 2.37. The van der Waals surface area contributed by atoms with Gasteiger partial charge < -0.3 is 20.7 Å². The zero-order valence-electron chi connectivity index (χ0n) is 12.8. The number of hydrogen-bond donors (Lipinski definition) is 2. The minimum atomic E-state index is -0.457. The van der Waals surface area contributed by atoms with Crippen LogP contribution in [0.25, 0.3) is 0 Å². The molecule has 0 spiro atoms. The standard InChI is InChI=1S/C14H23N5O2/c1-14(2,3)21-13(20)18-7-9(8-18)19-11-6-16-5-4-10(11)12(15)17-19/h9,16H,4-8H2,1-3H3,(H2,15,17). The molecule has 21 heavy (non-hydrogen) atoms. The van der Waals surface area contributed by atoms with Gasteiger partial charge in [-0.05, 0) is 33.7 Å². The Balaban J connectivity index is 1.66. The molecule has 0 aliphatic carbocycles. The second-order valence-corrected chi connectivity index (χ2v) is 6.72. The topological polar surface area (TPSA) is 85.4 Å². The van der Waals surface area contributed by atoms with Gasteiger partial charge in [0, 0.05) is 25.2 Å². The van der Waals surface area contributed by atoms with Crippen molar-refractivity contribution in [2.24, 2.45) is 0 Å². The lowest BCUT2D eigenvalue weighted by molar-refractivity contribution is -0.000783. The Morgan fingerprint density at radius 2 is 2.14 bits per heavy atom. The second-order valence-electron chi connectivity index (χ2n) is 6.72. The SMILES string of the molecule is CC(C)(C)OC(=O)N1CC(n2nc(N)c3c2CNCC3)C1. The number of nitrogen functional groups attached to an aromatic ring is 1. The van der Waals surface area contributed by atoms with Gasteiger partial charge in [-0.2, -0.15) is 5.10 Å². The summed E-state index contributed by atoms with van der Waals surface area (Å²) in [5.41, 5.74) is 7.85. The normalized spacial score (nSPS) is 19.1. The molecule has 0 bridgehead atoms. The van der Waals surface area contributed by atoms with E-state index < -0.39 is 5.60 Å². The number of rotatable bonds is 1. The van der Waals surface area contributed by atoms with E-state index in [2.05, 4.69) is 10.4 Å². The van der Waals surface area contributed by atoms with Crippen LogP contribution in [-0.4, -0.2) is 46.0 Å². The molecule has 0 radical (unpaired) electrons. The number of carbonyl (C=O) groups excluding carboxylic acids is 1. The van der Waals surface area contributed by atoms with Crippen LogP contribution < -0.4 is 11.1 Å². The largest absolute Gasteiger partial charge is 0.444 e. The predicted molar refractivity (Wildman–Crippen MR) is 78.9 cm³/mol. The molecule has 2 aliphatic rings. The summed E-state index contributed by atoms with van der Waals surface area (Å²) in [5.74, 6) is 0.627. The maximum absolute atomic E-state index is 11.9. The molecular weight excluding hydrogens is 270 g/mol. The molecule has 0 aromatic carbocycles. The van der Waals surface area contributed by atoms with Crippen molar-refractivity contribution >= 4 is 11.9 Å². The molecule has 0 unspecified atom stereocenters. The van der Waals surface area contributed by atoms with Crippen molar-refractivity contribution in [3.8, 4) is 0 Å².